The van der Waals surface area contributed by atoms with Gasteiger partial charge in [0, 0.05) is 29.4 Å². The van der Waals surface area contributed by atoms with Crippen LogP contribution in [0.4, 0.5) is 4.79 Å². The molecule has 0 bridgehead atoms. The Kier molecular flexibility index (Phi) is 5.76. The van der Waals surface area contributed by atoms with Gasteiger partial charge in [-0.25, -0.2) is 4.79 Å². The monoisotopic (exact) mass is 350 g/mol. The summed E-state index contributed by atoms with van der Waals surface area (Å²) < 4.78 is 5.03. The third kappa shape index (κ3) is 3.91. The lowest BCUT2D eigenvalue weighted by atomic mass is 10.0. The predicted molar refractivity (Wildman–Crippen MR) is 94.7 cm³/mol. The Balaban J connectivity index is 1.55. The van der Waals surface area contributed by atoms with Crippen molar-refractivity contribution >= 4 is 23.3 Å². The minimum atomic E-state index is -0.245. The number of fused-ring (bicyclic) bond motifs is 1. The van der Waals surface area contributed by atoms with E-state index in [2.05, 4.69) is 5.32 Å². The minimum absolute atomic E-state index is 0.0592. The fourth-order valence-corrected chi connectivity index (χ4v) is 4.67. The highest BCUT2D eigenvalue weighted by atomic mass is 32.1. The summed E-state index contributed by atoms with van der Waals surface area (Å²) >= 11 is 1.74. The van der Waals surface area contributed by atoms with Crippen LogP contribution in [-0.4, -0.2) is 42.6 Å². The van der Waals surface area contributed by atoms with E-state index >= 15 is 0 Å². The number of ether oxygens (including phenoxy) is 1. The van der Waals surface area contributed by atoms with Crippen molar-refractivity contribution in [3.8, 4) is 0 Å². The zero-order chi connectivity index (χ0) is 16.9. The van der Waals surface area contributed by atoms with Gasteiger partial charge in [-0.15, -0.1) is 11.3 Å². The number of nitrogens with one attached hydrogen (secondary N) is 1. The molecule has 1 N–H and O–H groups in total. The lowest BCUT2D eigenvalue weighted by molar-refractivity contribution is 0.0859. The molecule has 3 rings (SSSR count). The van der Waals surface area contributed by atoms with Gasteiger partial charge in [0.2, 0.25) is 0 Å². The highest BCUT2D eigenvalue weighted by Crippen LogP contribution is 2.29. The molecule has 0 aromatic carbocycles. The summed E-state index contributed by atoms with van der Waals surface area (Å²) in [6, 6.07) is 0.143. The van der Waals surface area contributed by atoms with Gasteiger partial charge in [0.05, 0.1) is 12.2 Å². The van der Waals surface area contributed by atoms with Gasteiger partial charge in [0.1, 0.15) is 0 Å². The summed E-state index contributed by atoms with van der Waals surface area (Å²) in [6.07, 6.45) is 7.16. The Hall–Kier alpha value is -1.56. The van der Waals surface area contributed by atoms with Gasteiger partial charge in [-0.05, 0) is 51.0 Å². The van der Waals surface area contributed by atoms with Crippen molar-refractivity contribution in [2.24, 2.45) is 0 Å². The topological polar surface area (TPSA) is 58.6 Å². The molecule has 6 heteroatoms. The molecule has 0 unspecified atom stereocenters. The maximum absolute atomic E-state index is 12.7. The number of piperidine rings is 1. The van der Waals surface area contributed by atoms with E-state index in [1.807, 2.05) is 12.3 Å². The molecular formula is C18H26N2O3S. The SMILES string of the molecule is CCOC(=O)N1CCC(NC(=O)c2csc3c2CCCCC3)CC1. The summed E-state index contributed by atoms with van der Waals surface area (Å²) in [5.41, 5.74) is 2.16. The molecule has 0 radical (unpaired) electrons. The zero-order valence-electron chi connectivity index (χ0n) is 14.3. The van der Waals surface area contributed by atoms with Crippen LogP contribution in [0.3, 0.4) is 0 Å². The van der Waals surface area contributed by atoms with Crippen LogP contribution in [-0.2, 0) is 17.6 Å². The van der Waals surface area contributed by atoms with Gasteiger partial charge in [-0.1, -0.05) is 6.42 Å². The number of hydrogen-bond acceptors (Lipinski definition) is 4. The van der Waals surface area contributed by atoms with Crippen LogP contribution in [0.25, 0.3) is 0 Å². The van der Waals surface area contributed by atoms with E-state index in [0.29, 0.717) is 19.7 Å². The molecule has 2 heterocycles. The lowest BCUT2D eigenvalue weighted by Crippen LogP contribution is -2.46. The number of amides is 2. The predicted octanol–water partition coefficient (Wildman–Crippen LogP) is 3.37. The van der Waals surface area contributed by atoms with E-state index in [9.17, 15) is 9.59 Å². The van der Waals surface area contributed by atoms with Crippen molar-refractivity contribution in [1.82, 2.24) is 10.2 Å². The number of likely N-dealkylation sites (tertiary alicyclic amines) is 1. The summed E-state index contributed by atoms with van der Waals surface area (Å²) in [5, 5.41) is 5.20. The highest BCUT2D eigenvalue weighted by Gasteiger charge is 2.26. The average molecular weight is 350 g/mol. The number of hydrogen-bond donors (Lipinski definition) is 1. The molecule has 0 spiro atoms. The zero-order valence-corrected chi connectivity index (χ0v) is 15.1. The van der Waals surface area contributed by atoms with Crippen LogP contribution in [0, 0.1) is 0 Å². The molecule has 0 saturated carbocycles. The number of nitrogens with zero attached hydrogens (tertiary/aromatic N) is 1. The normalized spacial score (nSPS) is 18.6. The second kappa shape index (κ2) is 8.01. The van der Waals surface area contributed by atoms with Crippen molar-refractivity contribution in [3.05, 3.63) is 21.4 Å². The average Bonchev–Trinajstić information content (AvgIpc) is 2.85. The van der Waals surface area contributed by atoms with E-state index in [1.165, 1.54) is 29.7 Å². The van der Waals surface area contributed by atoms with Crippen LogP contribution in [0.1, 0.15) is 59.8 Å². The standard InChI is InChI=1S/C18H26N2O3S/c1-2-23-18(22)20-10-8-13(9-11-20)19-17(21)15-12-24-16-7-5-3-4-6-14(15)16/h12-13H,2-11H2,1H3,(H,19,21). The van der Waals surface area contributed by atoms with Crippen molar-refractivity contribution in [3.63, 3.8) is 0 Å². The summed E-state index contributed by atoms with van der Waals surface area (Å²) in [5.74, 6) is 0.0592. The minimum Gasteiger partial charge on any atom is -0.450 e. The molecular weight excluding hydrogens is 324 g/mol. The number of carbonyl (C=O) groups excluding carboxylic acids is 2. The maximum atomic E-state index is 12.7. The van der Waals surface area contributed by atoms with Crippen molar-refractivity contribution in [2.75, 3.05) is 19.7 Å². The molecule has 5 nitrogen and oxygen atoms in total. The maximum Gasteiger partial charge on any atom is 0.409 e. The second-order valence-corrected chi connectivity index (χ2v) is 7.51. The Morgan fingerprint density at radius 1 is 1.25 bits per heavy atom. The molecule has 1 saturated heterocycles. The lowest BCUT2D eigenvalue weighted by Gasteiger charge is -2.31. The van der Waals surface area contributed by atoms with Crippen LogP contribution >= 0.6 is 11.3 Å². The first-order valence-corrected chi connectivity index (χ1v) is 9.88. The van der Waals surface area contributed by atoms with E-state index in [1.54, 1.807) is 16.2 Å². The Labute approximate surface area is 147 Å². The third-order valence-corrected chi connectivity index (χ3v) is 6.00. The molecule has 1 aromatic heterocycles. The summed E-state index contributed by atoms with van der Waals surface area (Å²) in [4.78, 5) is 27.5. The third-order valence-electron chi connectivity index (χ3n) is 4.91. The van der Waals surface area contributed by atoms with Gasteiger partial charge in [-0.3, -0.25) is 4.79 Å². The Morgan fingerprint density at radius 3 is 2.75 bits per heavy atom. The van der Waals surface area contributed by atoms with Gasteiger partial charge in [0.25, 0.3) is 5.91 Å². The van der Waals surface area contributed by atoms with Gasteiger partial charge < -0.3 is 15.0 Å². The van der Waals surface area contributed by atoms with Crippen LogP contribution < -0.4 is 5.32 Å². The Bertz CT molecular complexity index is 591. The van der Waals surface area contributed by atoms with E-state index in [-0.39, 0.29) is 18.0 Å². The summed E-state index contributed by atoms with van der Waals surface area (Å²) in [7, 11) is 0. The molecule has 132 valence electrons. The van der Waals surface area contributed by atoms with E-state index in [4.69, 9.17) is 4.74 Å². The number of aryl methyl sites for hydroxylation is 1. The second-order valence-electron chi connectivity index (χ2n) is 6.55. The quantitative estimate of drug-likeness (QED) is 0.850. The first kappa shape index (κ1) is 17.3. The number of rotatable bonds is 3. The van der Waals surface area contributed by atoms with E-state index < -0.39 is 0 Å². The fourth-order valence-electron chi connectivity index (χ4n) is 3.55. The van der Waals surface area contributed by atoms with Crippen molar-refractivity contribution in [1.29, 1.82) is 0 Å². The van der Waals surface area contributed by atoms with Crippen molar-refractivity contribution in [2.45, 2.75) is 57.9 Å². The molecule has 1 aliphatic heterocycles. The Morgan fingerprint density at radius 2 is 2.00 bits per heavy atom. The molecule has 1 aromatic rings. The number of carbonyl (C=O) groups is 2. The molecule has 24 heavy (non-hydrogen) atoms. The molecule has 2 aliphatic rings. The first-order valence-electron chi connectivity index (χ1n) is 9.00. The molecule has 2 amide bonds. The first-order chi connectivity index (χ1) is 11.7. The van der Waals surface area contributed by atoms with Crippen LogP contribution in [0.5, 0.6) is 0 Å². The van der Waals surface area contributed by atoms with Gasteiger partial charge >= 0.3 is 6.09 Å². The summed E-state index contributed by atoms with van der Waals surface area (Å²) in [6.45, 7) is 3.50. The number of thiophene rings is 1. The molecule has 1 aliphatic carbocycles. The smallest absolute Gasteiger partial charge is 0.409 e. The molecule has 1 fully saturated rings. The largest absolute Gasteiger partial charge is 0.450 e. The van der Waals surface area contributed by atoms with E-state index in [0.717, 1.165) is 31.2 Å². The highest BCUT2D eigenvalue weighted by molar-refractivity contribution is 7.10. The molecule has 0 atom stereocenters. The van der Waals surface area contributed by atoms with Gasteiger partial charge in [0.15, 0.2) is 0 Å². The van der Waals surface area contributed by atoms with Crippen LogP contribution in [0.15, 0.2) is 5.38 Å². The van der Waals surface area contributed by atoms with Crippen molar-refractivity contribution < 1.29 is 14.3 Å². The fraction of sp³-hybridized carbons (Fsp3) is 0.667. The van der Waals surface area contributed by atoms with Crippen LogP contribution in [0.2, 0.25) is 0 Å². The van der Waals surface area contributed by atoms with Gasteiger partial charge in [-0.2, -0.15) is 0 Å².